The summed E-state index contributed by atoms with van der Waals surface area (Å²) in [6, 6.07) is 0. The van der Waals surface area contributed by atoms with E-state index in [0.29, 0.717) is 17.8 Å². The molecule has 3 nitrogen and oxygen atoms in total. The molecule has 0 atom stereocenters. The third kappa shape index (κ3) is 3.57. The molecule has 0 radical (unpaired) electrons. The fourth-order valence-electron chi connectivity index (χ4n) is 2.02. The van der Waals surface area contributed by atoms with Gasteiger partial charge in [-0.2, -0.15) is 0 Å². The van der Waals surface area contributed by atoms with E-state index in [1.54, 1.807) is 0 Å². The van der Waals surface area contributed by atoms with E-state index >= 15 is 0 Å². The smallest absolute Gasteiger partial charge is 0.0420 e. The second-order valence-electron chi connectivity index (χ2n) is 3.86. The number of nitrogens with zero attached hydrogens (tertiary/aromatic N) is 3. The molecule has 0 aliphatic heterocycles. The van der Waals surface area contributed by atoms with Gasteiger partial charge in [0.15, 0.2) is 0 Å². The van der Waals surface area contributed by atoms with Gasteiger partial charge in [-0.05, 0) is 57.2 Å². The summed E-state index contributed by atoms with van der Waals surface area (Å²) >= 11 is 0. The third-order valence-electron chi connectivity index (χ3n) is 3.01. The Kier molecular flexibility index (Phi) is 5.22. The maximum absolute atomic E-state index is 4.32. The second-order valence-corrected chi connectivity index (χ2v) is 3.86. The molecule has 1 aliphatic rings. The predicted octanol–water partition coefficient (Wildman–Crippen LogP) is 2.12. The molecule has 1 rings (SSSR count). The first-order valence-corrected chi connectivity index (χ1v) is 5.68. The van der Waals surface area contributed by atoms with Crippen molar-refractivity contribution in [3.05, 3.63) is 0 Å². The van der Waals surface area contributed by atoms with E-state index in [9.17, 15) is 0 Å². The fraction of sp³-hybridized carbons (Fsp3) is 0.750. The Labute approximate surface area is 92.4 Å². The highest BCUT2D eigenvalue weighted by molar-refractivity contribution is 5.54. The molecule has 0 saturated heterocycles. The summed E-state index contributed by atoms with van der Waals surface area (Å²) in [6.07, 6.45) is 5.66. The van der Waals surface area contributed by atoms with E-state index in [2.05, 4.69) is 15.0 Å². The number of rotatable bonds is 6. The topological polar surface area (TPSA) is 37.1 Å². The van der Waals surface area contributed by atoms with Gasteiger partial charge in [-0.1, -0.05) is 0 Å². The summed E-state index contributed by atoms with van der Waals surface area (Å²) in [4.78, 5) is 13.0. The minimum Gasteiger partial charge on any atom is -0.298 e. The lowest BCUT2D eigenvalue weighted by Gasteiger charge is -1.90. The molecule has 0 bridgehead atoms. The SMILES string of the molecule is C/C=N\CC1C(C/N=C\C)C1C/N=C\C. The Morgan fingerprint density at radius 3 is 1.13 bits per heavy atom. The van der Waals surface area contributed by atoms with Crippen molar-refractivity contribution in [3.8, 4) is 0 Å². The Morgan fingerprint density at radius 2 is 0.933 bits per heavy atom. The molecular formula is C12H21N3. The summed E-state index contributed by atoms with van der Waals surface area (Å²) < 4.78 is 0. The number of hydrogen-bond acceptors (Lipinski definition) is 3. The van der Waals surface area contributed by atoms with E-state index in [0.717, 1.165) is 19.6 Å². The second kappa shape index (κ2) is 6.49. The van der Waals surface area contributed by atoms with Crippen LogP contribution >= 0.6 is 0 Å². The van der Waals surface area contributed by atoms with E-state index in [1.807, 2.05) is 39.4 Å². The van der Waals surface area contributed by atoms with Crippen LogP contribution in [0.5, 0.6) is 0 Å². The first kappa shape index (κ1) is 12.1. The predicted molar refractivity (Wildman–Crippen MR) is 67.6 cm³/mol. The van der Waals surface area contributed by atoms with Crippen molar-refractivity contribution in [3.63, 3.8) is 0 Å². The fourth-order valence-corrected chi connectivity index (χ4v) is 2.02. The average molecular weight is 207 g/mol. The molecule has 0 aromatic rings. The van der Waals surface area contributed by atoms with Gasteiger partial charge in [-0.3, -0.25) is 15.0 Å². The Balaban J connectivity index is 2.38. The minimum atomic E-state index is 0.702. The zero-order valence-corrected chi connectivity index (χ0v) is 9.93. The Morgan fingerprint density at radius 1 is 0.667 bits per heavy atom. The molecule has 0 aromatic carbocycles. The van der Waals surface area contributed by atoms with Crippen molar-refractivity contribution >= 4 is 18.6 Å². The lowest BCUT2D eigenvalue weighted by atomic mass is 10.3. The first-order chi connectivity index (χ1) is 7.35. The van der Waals surface area contributed by atoms with Crippen LogP contribution in [-0.2, 0) is 0 Å². The molecule has 0 heterocycles. The zero-order chi connectivity index (χ0) is 11.1. The summed E-state index contributed by atoms with van der Waals surface area (Å²) in [7, 11) is 0. The average Bonchev–Trinajstić information content (AvgIpc) is 2.93. The van der Waals surface area contributed by atoms with Crippen LogP contribution in [-0.4, -0.2) is 38.3 Å². The molecule has 84 valence electrons. The lowest BCUT2D eigenvalue weighted by molar-refractivity contribution is 0.719. The van der Waals surface area contributed by atoms with E-state index in [1.165, 1.54) is 0 Å². The van der Waals surface area contributed by atoms with Crippen LogP contribution in [0.4, 0.5) is 0 Å². The van der Waals surface area contributed by atoms with Crippen LogP contribution in [0.1, 0.15) is 20.8 Å². The maximum atomic E-state index is 4.32. The van der Waals surface area contributed by atoms with Crippen molar-refractivity contribution in [1.82, 2.24) is 0 Å². The molecule has 0 unspecified atom stereocenters. The van der Waals surface area contributed by atoms with Crippen molar-refractivity contribution in [2.24, 2.45) is 32.7 Å². The summed E-state index contributed by atoms with van der Waals surface area (Å²) in [6.45, 7) is 8.77. The molecule has 0 spiro atoms. The normalized spacial score (nSPS) is 31.0. The lowest BCUT2D eigenvalue weighted by Crippen LogP contribution is -1.91. The van der Waals surface area contributed by atoms with Crippen LogP contribution in [0, 0.1) is 17.8 Å². The highest BCUT2D eigenvalue weighted by Crippen LogP contribution is 2.46. The van der Waals surface area contributed by atoms with Crippen LogP contribution in [0.3, 0.4) is 0 Å². The molecule has 0 amide bonds. The molecule has 3 heteroatoms. The Bertz CT molecular complexity index is 207. The van der Waals surface area contributed by atoms with Crippen LogP contribution in [0.25, 0.3) is 0 Å². The third-order valence-corrected chi connectivity index (χ3v) is 3.01. The Hall–Kier alpha value is -0.990. The van der Waals surface area contributed by atoms with E-state index in [-0.39, 0.29) is 0 Å². The minimum absolute atomic E-state index is 0.702. The van der Waals surface area contributed by atoms with Gasteiger partial charge >= 0.3 is 0 Å². The van der Waals surface area contributed by atoms with Gasteiger partial charge in [0.2, 0.25) is 0 Å². The highest BCUT2D eigenvalue weighted by Gasteiger charge is 2.48. The van der Waals surface area contributed by atoms with Crippen molar-refractivity contribution in [2.45, 2.75) is 20.8 Å². The van der Waals surface area contributed by atoms with Gasteiger partial charge in [-0.15, -0.1) is 0 Å². The van der Waals surface area contributed by atoms with Gasteiger partial charge in [-0.25, -0.2) is 0 Å². The molecule has 1 fully saturated rings. The standard InChI is InChI=1S/C12H21N3/c1-4-13-7-10-11(8-14-5-2)12(10)9-15-6-3/h4-6,10-12H,7-9H2,1-3H3/b13-4-,14-5-,15-6-. The zero-order valence-electron chi connectivity index (χ0n) is 9.93. The summed E-state index contributed by atoms with van der Waals surface area (Å²) in [5.74, 6) is 2.11. The van der Waals surface area contributed by atoms with Crippen molar-refractivity contribution < 1.29 is 0 Å². The van der Waals surface area contributed by atoms with Gasteiger partial charge in [0.05, 0.1) is 0 Å². The molecule has 1 aliphatic carbocycles. The molecule has 0 aromatic heterocycles. The van der Waals surface area contributed by atoms with Crippen molar-refractivity contribution in [1.29, 1.82) is 0 Å². The molecule has 15 heavy (non-hydrogen) atoms. The summed E-state index contributed by atoms with van der Waals surface area (Å²) in [5, 5.41) is 0. The molecular weight excluding hydrogens is 186 g/mol. The van der Waals surface area contributed by atoms with Gasteiger partial charge in [0.25, 0.3) is 0 Å². The van der Waals surface area contributed by atoms with Gasteiger partial charge < -0.3 is 0 Å². The highest BCUT2D eigenvalue weighted by atomic mass is 14.8. The summed E-state index contributed by atoms with van der Waals surface area (Å²) in [5.41, 5.74) is 0. The van der Waals surface area contributed by atoms with Crippen LogP contribution < -0.4 is 0 Å². The number of hydrogen-bond donors (Lipinski definition) is 0. The molecule has 1 saturated carbocycles. The monoisotopic (exact) mass is 207 g/mol. The van der Waals surface area contributed by atoms with Crippen LogP contribution in [0.15, 0.2) is 15.0 Å². The van der Waals surface area contributed by atoms with E-state index in [4.69, 9.17) is 0 Å². The maximum Gasteiger partial charge on any atom is 0.0420 e. The van der Waals surface area contributed by atoms with Gasteiger partial charge in [0, 0.05) is 19.6 Å². The van der Waals surface area contributed by atoms with Gasteiger partial charge in [0.1, 0.15) is 0 Å². The van der Waals surface area contributed by atoms with E-state index < -0.39 is 0 Å². The van der Waals surface area contributed by atoms with Crippen molar-refractivity contribution in [2.75, 3.05) is 19.6 Å². The van der Waals surface area contributed by atoms with Crippen LogP contribution in [0.2, 0.25) is 0 Å². The first-order valence-electron chi connectivity index (χ1n) is 5.68. The molecule has 0 N–H and O–H groups in total. The number of aliphatic imine (C=N–C) groups is 3. The quantitative estimate of drug-likeness (QED) is 0.598. The largest absolute Gasteiger partial charge is 0.298 e.